The van der Waals surface area contributed by atoms with Crippen LogP contribution in [0.15, 0.2) is 0 Å². The Labute approximate surface area is 136 Å². The van der Waals surface area contributed by atoms with Gasteiger partial charge >= 0.3 is 0 Å². The largest absolute Gasteiger partial charge is 0.346 e. The van der Waals surface area contributed by atoms with E-state index in [0.29, 0.717) is 12.8 Å². The van der Waals surface area contributed by atoms with Gasteiger partial charge in [-0.2, -0.15) is 0 Å². The van der Waals surface area contributed by atoms with E-state index in [4.69, 9.17) is 9.52 Å². The van der Waals surface area contributed by atoms with E-state index in [2.05, 4.69) is 12.2 Å². The van der Waals surface area contributed by atoms with Crippen LogP contribution in [0.4, 0.5) is 0 Å². The molecule has 0 aliphatic carbocycles. The Balaban J connectivity index is 0. The summed E-state index contributed by atoms with van der Waals surface area (Å²) in [4.78, 5) is 12.8. The molecule has 0 aromatic heterocycles. The molecule has 0 atom stereocenters. The van der Waals surface area contributed by atoms with E-state index in [1.165, 1.54) is 32.1 Å². The molecular weight excluding hydrogens is 262 g/mol. The average Bonchev–Trinajstić information content (AvgIpc) is 2.46. The van der Waals surface area contributed by atoms with Crippen LogP contribution in [-0.2, 0) is 4.79 Å². The van der Waals surface area contributed by atoms with Gasteiger partial charge in [-0.25, -0.2) is 0 Å². The Bertz CT molecular complexity index is 346. The first-order valence-electron chi connectivity index (χ1n) is 9.49. The van der Waals surface area contributed by atoms with Crippen molar-refractivity contribution in [3.8, 4) is 0 Å². The fourth-order valence-electron chi connectivity index (χ4n) is 2.02. The van der Waals surface area contributed by atoms with Gasteiger partial charge in [-0.15, -0.1) is 0 Å². The van der Waals surface area contributed by atoms with Gasteiger partial charge in [0.25, 0.3) is 0 Å². The Morgan fingerprint density at radius 3 is 2.14 bits per heavy atom. The molecular formula is C17H37N3O. The van der Waals surface area contributed by atoms with Gasteiger partial charge in [0.05, 0.1) is 0 Å². The smallest absolute Gasteiger partial charge is 0.226 e. The van der Waals surface area contributed by atoms with Crippen LogP contribution in [0.2, 0.25) is 0 Å². The standard InChI is InChI=1S/C16H33N3O.CH4/c1-4-6-7-8-9-10-11-12-13-15(20)18-16(17)19(3)14-5-2;/h4-14H2,1-3H3,(H2,17,18,20);1H4/i3D3;. The van der Waals surface area contributed by atoms with E-state index >= 15 is 0 Å². The van der Waals surface area contributed by atoms with Gasteiger partial charge in [-0.05, 0) is 12.8 Å². The number of carbonyl (C=O) groups excluding carboxylic acids is 1. The zero-order chi connectivity index (χ0) is 17.7. The quantitative estimate of drug-likeness (QED) is 0.334. The van der Waals surface area contributed by atoms with Crippen LogP contribution in [0, 0.1) is 5.41 Å². The molecule has 4 nitrogen and oxygen atoms in total. The number of nitrogens with one attached hydrogen (secondary N) is 2. The summed E-state index contributed by atoms with van der Waals surface area (Å²) < 4.78 is 22.2. The number of hydrogen-bond donors (Lipinski definition) is 2. The van der Waals surface area contributed by atoms with E-state index in [1.807, 2.05) is 6.92 Å². The third-order valence-corrected chi connectivity index (χ3v) is 3.23. The average molecular weight is 303 g/mol. The zero-order valence-corrected chi connectivity index (χ0v) is 13.1. The van der Waals surface area contributed by atoms with Crippen molar-refractivity contribution in [3.63, 3.8) is 0 Å². The van der Waals surface area contributed by atoms with Crippen molar-refractivity contribution in [1.29, 1.82) is 5.41 Å². The second kappa shape index (κ2) is 15.3. The van der Waals surface area contributed by atoms with E-state index < -0.39 is 6.98 Å². The van der Waals surface area contributed by atoms with Crippen LogP contribution < -0.4 is 5.32 Å². The molecule has 0 saturated heterocycles. The van der Waals surface area contributed by atoms with Gasteiger partial charge < -0.3 is 4.90 Å². The van der Waals surface area contributed by atoms with Crippen molar-refractivity contribution in [2.24, 2.45) is 0 Å². The van der Waals surface area contributed by atoms with E-state index in [-0.39, 0.29) is 25.8 Å². The molecule has 0 fully saturated rings. The highest BCUT2D eigenvalue weighted by atomic mass is 16.1. The van der Waals surface area contributed by atoms with Gasteiger partial charge in [-0.3, -0.25) is 15.5 Å². The summed E-state index contributed by atoms with van der Waals surface area (Å²) in [5.41, 5.74) is 0. The molecule has 0 aromatic carbocycles. The molecule has 0 bridgehead atoms. The van der Waals surface area contributed by atoms with Gasteiger partial charge in [0.2, 0.25) is 5.91 Å². The molecule has 0 radical (unpaired) electrons. The fourth-order valence-corrected chi connectivity index (χ4v) is 2.02. The Kier molecular flexibility index (Phi) is 11.9. The molecule has 0 rings (SSSR count). The minimum atomic E-state index is -2.39. The van der Waals surface area contributed by atoms with E-state index in [9.17, 15) is 4.79 Å². The van der Waals surface area contributed by atoms with Crippen molar-refractivity contribution in [2.45, 2.75) is 85.5 Å². The molecule has 0 aliphatic rings. The van der Waals surface area contributed by atoms with Gasteiger partial charge in [0.1, 0.15) is 0 Å². The summed E-state index contributed by atoms with van der Waals surface area (Å²) in [6, 6.07) is 0. The molecule has 0 heterocycles. The summed E-state index contributed by atoms with van der Waals surface area (Å²) in [6.45, 7) is 1.88. The van der Waals surface area contributed by atoms with Crippen LogP contribution >= 0.6 is 0 Å². The third kappa shape index (κ3) is 13.7. The highest BCUT2D eigenvalue weighted by molar-refractivity contribution is 5.95. The van der Waals surface area contributed by atoms with Crippen molar-refractivity contribution in [1.82, 2.24) is 10.2 Å². The van der Waals surface area contributed by atoms with Crippen LogP contribution in [0.5, 0.6) is 0 Å². The predicted molar refractivity (Wildman–Crippen MR) is 92.7 cm³/mol. The maximum atomic E-state index is 11.8. The van der Waals surface area contributed by atoms with Crippen LogP contribution in [-0.4, -0.2) is 30.3 Å². The second-order valence-corrected chi connectivity index (χ2v) is 5.27. The van der Waals surface area contributed by atoms with Crippen LogP contribution in [0.25, 0.3) is 0 Å². The highest BCUT2D eigenvalue weighted by Crippen LogP contribution is 2.09. The maximum absolute atomic E-state index is 11.8. The minimum absolute atomic E-state index is 0. The molecule has 0 spiro atoms. The summed E-state index contributed by atoms with van der Waals surface area (Å²) in [5.74, 6) is -0.595. The molecule has 1 amide bonds. The van der Waals surface area contributed by atoms with E-state index in [0.717, 1.165) is 24.2 Å². The number of nitrogens with zero attached hydrogens (tertiary/aromatic N) is 1. The Morgan fingerprint density at radius 2 is 1.62 bits per heavy atom. The second-order valence-electron chi connectivity index (χ2n) is 5.27. The molecule has 2 N–H and O–H groups in total. The highest BCUT2D eigenvalue weighted by Gasteiger charge is 2.07. The number of hydrogen-bond acceptors (Lipinski definition) is 2. The monoisotopic (exact) mass is 302 g/mol. The number of guanidine groups is 1. The molecule has 126 valence electrons. The number of unbranched alkanes of at least 4 members (excludes halogenated alkanes) is 7. The van der Waals surface area contributed by atoms with Crippen LogP contribution in [0.1, 0.15) is 89.6 Å². The predicted octanol–water partition coefficient (Wildman–Crippen LogP) is 4.55. The first-order chi connectivity index (χ1) is 10.8. The van der Waals surface area contributed by atoms with Crippen molar-refractivity contribution in [2.75, 3.05) is 13.5 Å². The first-order valence-corrected chi connectivity index (χ1v) is 7.99. The summed E-state index contributed by atoms with van der Waals surface area (Å²) in [5, 5.41) is 10.2. The number of carbonyl (C=O) groups is 1. The first kappa shape index (κ1) is 16.3. The lowest BCUT2D eigenvalue weighted by atomic mass is 10.1. The molecule has 0 aromatic rings. The Hall–Kier alpha value is -1.06. The molecule has 4 heteroatoms. The molecule has 0 saturated carbocycles. The maximum Gasteiger partial charge on any atom is 0.226 e. The third-order valence-electron chi connectivity index (χ3n) is 3.23. The normalized spacial score (nSPS) is 12.6. The zero-order valence-electron chi connectivity index (χ0n) is 16.1. The number of rotatable bonds is 11. The van der Waals surface area contributed by atoms with Gasteiger partial charge in [0.15, 0.2) is 5.96 Å². The lowest BCUT2D eigenvalue weighted by Gasteiger charge is -2.19. The fraction of sp³-hybridized carbons (Fsp3) is 0.882. The molecule has 0 aliphatic heterocycles. The summed E-state index contributed by atoms with van der Waals surface area (Å²) in [6.07, 6.45) is 10.2. The lowest BCUT2D eigenvalue weighted by molar-refractivity contribution is -0.120. The van der Waals surface area contributed by atoms with Gasteiger partial charge in [-0.1, -0.05) is 66.2 Å². The lowest BCUT2D eigenvalue weighted by Crippen LogP contribution is -2.41. The summed E-state index contributed by atoms with van der Waals surface area (Å²) >= 11 is 0. The topological polar surface area (TPSA) is 56.2 Å². The van der Waals surface area contributed by atoms with Crippen LogP contribution in [0.3, 0.4) is 0 Å². The Morgan fingerprint density at radius 1 is 1.05 bits per heavy atom. The van der Waals surface area contributed by atoms with E-state index in [1.54, 1.807) is 0 Å². The van der Waals surface area contributed by atoms with Gasteiger partial charge in [0, 0.05) is 24.1 Å². The molecule has 21 heavy (non-hydrogen) atoms. The van der Waals surface area contributed by atoms with Crippen molar-refractivity contribution >= 4 is 11.9 Å². The number of amides is 1. The van der Waals surface area contributed by atoms with Crippen molar-refractivity contribution in [3.05, 3.63) is 0 Å². The summed E-state index contributed by atoms with van der Waals surface area (Å²) in [7, 11) is 0. The molecule has 0 unspecified atom stereocenters. The SMILES string of the molecule is C.[2H]C([2H])([2H])N(CCC)C(=N)NC(=O)CCCCCCCCCC. The minimum Gasteiger partial charge on any atom is -0.346 e. The van der Waals surface area contributed by atoms with Crippen molar-refractivity contribution < 1.29 is 8.91 Å².